The predicted octanol–water partition coefficient (Wildman–Crippen LogP) is 5.06. The van der Waals surface area contributed by atoms with Gasteiger partial charge in [0.15, 0.2) is 0 Å². The van der Waals surface area contributed by atoms with Crippen LogP contribution in [0.15, 0.2) is 40.2 Å². The van der Waals surface area contributed by atoms with E-state index in [9.17, 15) is 4.39 Å². The summed E-state index contributed by atoms with van der Waals surface area (Å²) in [5, 5.41) is 5.59. The first-order valence-electron chi connectivity index (χ1n) is 5.81. The van der Waals surface area contributed by atoms with Gasteiger partial charge in [0, 0.05) is 26.8 Å². The normalized spacial score (nSPS) is 14.4. The molecule has 1 N–H and O–H groups in total. The van der Waals surface area contributed by atoms with Gasteiger partial charge in [0.25, 0.3) is 0 Å². The molecule has 0 saturated carbocycles. The fourth-order valence-electron chi connectivity index (χ4n) is 1.86. The van der Waals surface area contributed by atoms with Gasteiger partial charge in [-0.2, -0.15) is 0 Å². The van der Waals surface area contributed by atoms with E-state index in [-0.39, 0.29) is 17.9 Å². The molecule has 0 aliphatic heterocycles. The Labute approximate surface area is 119 Å². The molecule has 2 atom stereocenters. The van der Waals surface area contributed by atoms with E-state index in [1.807, 2.05) is 12.1 Å². The molecule has 4 heteroatoms. The zero-order valence-corrected chi connectivity index (χ0v) is 12.7. The maximum absolute atomic E-state index is 12.9. The first-order valence-corrected chi connectivity index (χ1v) is 7.49. The standard InChI is InChI=1S/C14H15BrFNS/c1-9(11-3-5-13(16)6-4-11)17-10(2)14-7-12(15)8-18-14/h3-10,17H,1-2H3/t9-,10?/m1/s1. The molecule has 0 bridgehead atoms. The highest BCUT2D eigenvalue weighted by Crippen LogP contribution is 2.27. The van der Waals surface area contributed by atoms with Gasteiger partial charge >= 0.3 is 0 Å². The third-order valence-electron chi connectivity index (χ3n) is 2.88. The summed E-state index contributed by atoms with van der Waals surface area (Å²) in [6.45, 7) is 4.23. The molecule has 0 aliphatic carbocycles. The lowest BCUT2D eigenvalue weighted by Crippen LogP contribution is -2.21. The number of hydrogen-bond acceptors (Lipinski definition) is 2. The minimum Gasteiger partial charge on any atom is -0.303 e. The highest BCUT2D eigenvalue weighted by Gasteiger charge is 2.12. The number of hydrogen-bond donors (Lipinski definition) is 1. The van der Waals surface area contributed by atoms with Crippen LogP contribution >= 0.6 is 27.3 Å². The Kier molecular flexibility index (Phi) is 4.54. The van der Waals surface area contributed by atoms with E-state index < -0.39 is 0 Å². The minimum absolute atomic E-state index is 0.193. The molecule has 0 fully saturated rings. The summed E-state index contributed by atoms with van der Waals surface area (Å²) in [6.07, 6.45) is 0. The molecular weight excluding hydrogens is 313 g/mol. The molecule has 1 nitrogen and oxygen atoms in total. The van der Waals surface area contributed by atoms with Gasteiger partial charge in [-0.15, -0.1) is 11.3 Å². The van der Waals surface area contributed by atoms with Crippen LogP contribution in [0.2, 0.25) is 0 Å². The van der Waals surface area contributed by atoms with Crippen molar-refractivity contribution in [1.82, 2.24) is 5.32 Å². The van der Waals surface area contributed by atoms with Crippen molar-refractivity contribution in [2.75, 3.05) is 0 Å². The van der Waals surface area contributed by atoms with Gasteiger partial charge in [-0.1, -0.05) is 12.1 Å². The molecule has 2 rings (SSSR count). The summed E-state index contributed by atoms with van der Waals surface area (Å²) in [5.74, 6) is -0.193. The van der Waals surface area contributed by atoms with E-state index in [2.05, 4.69) is 46.5 Å². The fraction of sp³-hybridized carbons (Fsp3) is 0.286. The second-order valence-electron chi connectivity index (χ2n) is 4.33. The van der Waals surface area contributed by atoms with Crippen LogP contribution in [0.4, 0.5) is 4.39 Å². The first-order chi connectivity index (χ1) is 8.56. The van der Waals surface area contributed by atoms with Gasteiger partial charge < -0.3 is 5.32 Å². The third kappa shape index (κ3) is 3.40. The molecule has 96 valence electrons. The van der Waals surface area contributed by atoms with Crippen LogP contribution in [0, 0.1) is 5.82 Å². The van der Waals surface area contributed by atoms with E-state index in [0.717, 1.165) is 10.0 Å². The zero-order valence-electron chi connectivity index (χ0n) is 10.3. The molecule has 2 aromatic rings. The Balaban J connectivity index is 2.02. The van der Waals surface area contributed by atoms with Gasteiger partial charge in [-0.25, -0.2) is 4.39 Å². The monoisotopic (exact) mass is 327 g/mol. The van der Waals surface area contributed by atoms with Crippen molar-refractivity contribution in [3.05, 3.63) is 56.4 Å². The first kappa shape index (κ1) is 13.7. The average molecular weight is 328 g/mol. The van der Waals surface area contributed by atoms with E-state index in [0.29, 0.717) is 0 Å². The van der Waals surface area contributed by atoms with Gasteiger partial charge in [0.1, 0.15) is 5.82 Å². The summed E-state index contributed by atoms with van der Waals surface area (Å²) in [6, 6.07) is 9.25. The second kappa shape index (κ2) is 5.95. The number of halogens is 2. The van der Waals surface area contributed by atoms with E-state index >= 15 is 0 Å². The number of nitrogens with one attached hydrogen (secondary N) is 1. The van der Waals surface area contributed by atoms with Gasteiger partial charge in [0.2, 0.25) is 0 Å². The lowest BCUT2D eigenvalue weighted by atomic mass is 10.1. The number of benzene rings is 1. The zero-order chi connectivity index (χ0) is 13.1. The molecular formula is C14H15BrFNS. The molecule has 1 aromatic carbocycles. The summed E-state index contributed by atoms with van der Waals surface area (Å²) in [5.41, 5.74) is 1.10. The number of rotatable bonds is 4. The van der Waals surface area contributed by atoms with Crippen LogP contribution in [0.25, 0.3) is 0 Å². The van der Waals surface area contributed by atoms with Crippen LogP contribution in [0.5, 0.6) is 0 Å². The Bertz CT molecular complexity index is 509. The van der Waals surface area contributed by atoms with Crippen LogP contribution < -0.4 is 5.32 Å². The average Bonchev–Trinajstić information content (AvgIpc) is 2.76. The highest BCUT2D eigenvalue weighted by molar-refractivity contribution is 9.10. The molecule has 1 aromatic heterocycles. The quantitative estimate of drug-likeness (QED) is 0.827. The molecule has 18 heavy (non-hydrogen) atoms. The molecule has 0 aliphatic rings. The Morgan fingerprint density at radius 1 is 1.17 bits per heavy atom. The fourth-order valence-corrected chi connectivity index (χ4v) is 3.32. The number of thiophene rings is 1. The highest BCUT2D eigenvalue weighted by atomic mass is 79.9. The van der Waals surface area contributed by atoms with Gasteiger partial charge in [-0.05, 0) is 53.5 Å². The molecule has 0 amide bonds. The van der Waals surface area contributed by atoms with Gasteiger partial charge in [0.05, 0.1) is 0 Å². The molecule has 1 unspecified atom stereocenters. The largest absolute Gasteiger partial charge is 0.303 e. The van der Waals surface area contributed by atoms with E-state index in [4.69, 9.17) is 0 Å². The lowest BCUT2D eigenvalue weighted by molar-refractivity contribution is 0.499. The molecule has 0 spiro atoms. The van der Waals surface area contributed by atoms with Crippen molar-refractivity contribution >= 4 is 27.3 Å². The molecule has 0 radical (unpaired) electrons. The van der Waals surface area contributed by atoms with Crippen LogP contribution in [0.3, 0.4) is 0 Å². The Hall–Kier alpha value is -0.710. The van der Waals surface area contributed by atoms with E-state index in [1.54, 1.807) is 11.3 Å². The van der Waals surface area contributed by atoms with Crippen molar-refractivity contribution in [3.8, 4) is 0 Å². The summed E-state index contributed by atoms with van der Waals surface area (Å²) in [4.78, 5) is 1.29. The summed E-state index contributed by atoms with van der Waals surface area (Å²) < 4.78 is 14.0. The van der Waals surface area contributed by atoms with Crippen molar-refractivity contribution in [3.63, 3.8) is 0 Å². The SMILES string of the molecule is CC(N[C@H](C)c1ccc(F)cc1)c1cc(Br)cs1. The minimum atomic E-state index is -0.193. The third-order valence-corrected chi connectivity index (χ3v) is 4.76. The molecule has 0 saturated heterocycles. The predicted molar refractivity (Wildman–Crippen MR) is 78.4 cm³/mol. The van der Waals surface area contributed by atoms with Crippen LogP contribution in [-0.2, 0) is 0 Å². The smallest absolute Gasteiger partial charge is 0.123 e. The van der Waals surface area contributed by atoms with E-state index in [1.165, 1.54) is 17.0 Å². The van der Waals surface area contributed by atoms with Crippen LogP contribution in [-0.4, -0.2) is 0 Å². The maximum Gasteiger partial charge on any atom is 0.123 e. The summed E-state index contributed by atoms with van der Waals surface area (Å²) in [7, 11) is 0. The second-order valence-corrected chi connectivity index (χ2v) is 6.19. The lowest BCUT2D eigenvalue weighted by Gasteiger charge is -2.19. The van der Waals surface area contributed by atoms with Crippen molar-refractivity contribution in [2.24, 2.45) is 0 Å². The molecule has 1 heterocycles. The van der Waals surface area contributed by atoms with Crippen LogP contribution in [0.1, 0.15) is 36.4 Å². The summed E-state index contributed by atoms with van der Waals surface area (Å²) >= 11 is 5.19. The Morgan fingerprint density at radius 2 is 1.83 bits per heavy atom. The maximum atomic E-state index is 12.9. The van der Waals surface area contributed by atoms with Gasteiger partial charge in [-0.3, -0.25) is 0 Å². The Morgan fingerprint density at radius 3 is 2.39 bits per heavy atom. The van der Waals surface area contributed by atoms with Crippen molar-refractivity contribution in [1.29, 1.82) is 0 Å². The van der Waals surface area contributed by atoms with Crippen molar-refractivity contribution < 1.29 is 4.39 Å². The topological polar surface area (TPSA) is 12.0 Å². The van der Waals surface area contributed by atoms with Crippen molar-refractivity contribution in [2.45, 2.75) is 25.9 Å².